The fraction of sp³-hybridized carbons (Fsp3) is 0.304. The van der Waals surface area contributed by atoms with Crippen LogP contribution in [0.15, 0.2) is 54.6 Å². The Balaban J connectivity index is 1.75. The van der Waals surface area contributed by atoms with Gasteiger partial charge in [-0.1, -0.05) is 18.2 Å². The molecule has 0 spiro atoms. The zero-order valence-electron chi connectivity index (χ0n) is 16.9. The van der Waals surface area contributed by atoms with Crippen molar-refractivity contribution in [2.45, 2.75) is 39.3 Å². The molecule has 1 aliphatic rings. The highest BCUT2D eigenvalue weighted by molar-refractivity contribution is 5.71. The second kappa shape index (κ2) is 7.28. The molecule has 1 aliphatic heterocycles. The number of hydrogen-bond donors (Lipinski definition) is 1. The van der Waals surface area contributed by atoms with Gasteiger partial charge in [0.1, 0.15) is 11.4 Å². The minimum atomic E-state index is -0.530. The lowest BCUT2D eigenvalue weighted by molar-refractivity contribution is 0.0221. The third-order valence-corrected chi connectivity index (χ3v) is 4.83. The van der Waals surface area contributed by atoms with Gasteiger partial charge in [-0.15, -0.1) is 0 Å². The van der Waals surface area contributed by atoms with E-state index in [0.29, 0.717) is 19.5 Å². The second-order valence-corrected chi connectivity index (χ2v) is 8.22. The van der Waals surface area contributed by atoms with Crippen LogP contribution >= 0.6 is 0 Å². The number of hydrogen-bond acceptors (Lipinski definition) is 4. The fourth-order valence-electron chi connectivity index (χ4n) is 3.55. The number of aromatic hydroxyl groups is 1. The standard InChI is InChI=1S/C23H25N3O3/c1-23(2,3)29-22(28)25-14-13-19-20(15-25)24-26(17-7-5-4-6-8-17)21(19)16-9-11-18(27)12-10-16/h4-12,27H,13-15H2,1-3H3. The van der Waals surface area contributed by atoms with Crippen molar-refractivity contribution in [3.63, 3.8) is 0 Å². The molecule has 0 atom stereocenters. The number of phenols is 1. The molecule has 1 amide bonds. The number of benzene rings is 2. The summed E-state index contributed by atoms with van der Waals surface area (Å²) in [6.45, 7) is 6.59. The lowest BCUT2D eigenvalue weighted by atomic mass is 9.99. The van der Waals surface area contributed by atoms with Crippen molar-refractivity contribution in [2.75, 3.05) is 6.54 Å². The number of fused-ring (bicyclic) bond motifs is 1. The van der Waals surface area contributed by atoms with E-state index < -0.39 is 5.60 Å². The maximum absolute atomic E-state index is 12.5. The largest absolute Gasteiger partial charge is 0.508 e. The van der Waals surface area contributed by atoms with Crippen LogP contribution in [0.4, 0.5) is 4.79 Å². The van der Waals surface area contributed by atoms with Gasteiger partial charge in [-0.3, -0.25) is 0 Å². The van der Waals surface area contributed by atoms with Crippen molar-refractivity contribution in [3.05, 3.63) is 65.9 Å². The molecule has 2 heterocycles. The van der Waals surface area contributed by atoms with E-state index in [-0.39, 0.29) is 11.8 Å². The smallest absolute Gasteiger partial charge is 0.410 e. The van der Waals surface area contributed by atoms with E-state index in [1.54, 1.807) is 17.0 Å². The Morgan fingerprint density at radius 2 is 1.76 bits per heavy atom. The van der Waals surface area contributed by atoms with Gasteiger partial charge in [0, 0.05) is 17.7 Å². The SMILES string of the molecule is CC(C)(C)OC(=O)N1CCc2c(nn(-c3ccccc3)c2-c2ccc(O)cc2)C1. The molecular formula is C23H25N3O3. The molecular weight excluding hydrogens is 366 g/mol. The number of rotatable bonds is 2. The first-order chi connectivity index (χ1) is 13.8. The van der Waals surface area contributed by atoms with E-state index in [9.17, 15) is 9.90 Å². The fourth-order valence-corrected chi connectivity index (χ4v) is 3.55. The molecule has 6 heteroatoms. The van der Waals surface area contributed by atoms with Gasteiger partial charge in [0.05, 0.1) is 23.6 Å². The Labute approximate surface area is 170 Å². The van der Waals surface area contributed by atoms with Crippen LogP contribution in [0.3, 0.4) is 0 Å². The Kier molecular flexibility index (Phi) is 4.78. The van der Waals surface area contributed by atoms with Crippen molar-refractivity contribution in [3.8, 4) is 22.7 Å². The quantitative estimate of drug-likeness (QED) is 0.696. The highest BCUT2D eigenvalue weighted by Gasteiger charge is 2.30. The number of carbonyl (C=O) groups excluding carboxylic acids is 1. The Bertz CT molecular complexity index is 1020. The molecule has 1 N–H and O–H groups in total. The zero-order chi connectivity index (χ0) is 20.6. The summed E-state index contributed by atoms with van der Waals surface area (Å²) in [6, 6.07) is 17.1. The molecule has 0 saturated heterocycles. The van der Waals surface area contributed by atoms with Gasteiger partial charge in [0.15, 0.2) is 0 Å². The number of phenolic OH excluding ortho intramolecular Hbond substituents is 1. The van der Waals surface area contributed by atoms with Crippen molar-refractivity contribution >= 4 is 6.09 Å². The highest BCUT2D eigenvalue weighted by atomic mass is 16.6. The first kappa shape index (κ1) is 19.1. The average molecular weight is 391 g/mol. The van der Waals surface area contributed by atoms with Crippen LogP contribution in [0.1, 0.15) is 32.0 Å². The van der Waals surface area contributed by atoms with Crippen molar-refractivity contribution in [1.82, 2.24) is 14.7 Å². The molecule has 0 fully saturated rings. The summed E-state index contributed by atoms with van der Waals surface area (Å²) in [5.74, 6) is 0.226. The summed E-state index contributed by atoms with van der Waals surface area (Å²) < 4.78 is 7.46. The predicted molar refractivity (Wildman–Crippen MR) is 111 cm³/mol. The number of aromatic nitrogens is 2. The molecule has 0 aliphatic carbocycles. The number of para-hydroxylation sites is 1. The first-order valence-corrected chi connectivity index (χ1v) is 9.75. The topological polar surface area (TPSA) is 67.6 Å². The summed E-state index contributed by atoms with van der Waals surface area (Å²) >= 11 is 0. The minimum Gasteiger partial charge on any atom is -0.508 e. The van der Waals surface area contributed by atoms with Crippen LogP contribution in [-0.4, -0.2) is 38.0 Å². The molecule has 3 aromatic rings. The van der Waals surface area contributed by atoms with E-state index in [4.69, 9.17) is 9.84 Å². The molecule has 150 valence electrons. The van der Waals surface area contributed by atoms with Gasteiger partial charge in [0.25, 0.3) is 0 Å². The normalized spacial score (nSPS) is 13.8. The molecule has 1 aromatic heterocycles. The predicted octanol–water partition coefficient (Wildman–Crippen LogP) is 4.54. The van der Waals surface area contributed by atoms with Crippen LogP contribution in [0.2, 0.25) is 0 Å². The third-order valence-electron chi connectivity index (χ3n) is 4.83. The molecule has 2 aromatic carbocycles. The lowest BCUT2D eigenvalue weighted by Gasteiger charge is -2.29. The van der Waals surface area contributed by atoms with Gasteiger partial charge in [-0.2, -0.15) is 5.10 Å². The van der Waals surface area contributed by atoms with E-state index in [1.807, 2.05) is 67.9 Å². The zero-order valence-corrected chi connectivity index (χ0v) is 16.9. The van der Waals surface area contributed by atoms with E-state index in [1.165, 1.54) is 0 Å². The number of nitrogens with zero attached hydrogens (tertiary/aromatic N) is 3. The molecule has 0 unspecified atom stereocenters. The average Bonchev–Trinajstić information content (AvgIpc) is 3.07. The molecule has 0 bridgehead atoms. The molecule has 29 heavy (non-hydrogen) atoms. The van der Waals surface area contributed by atoms with E-state index in [0.717, 1.165) is 28.2 Å². The lowest BCUT2D eigenvalue weighted by Crippen LogP contribution is -2.39. The van der Waals surface area contributed by atoms with Crippen LogP contribution in [0, 0.1) is 0 Å². The molecule has 4 rings (SSSR count). The van der Waals surface area contributed by atoms with E-state index in [2.05, 4.69) is 0 Å². The van der Waals surface area contributed by atoms with Gasteiger partial charge in [0.2, 0.25) is 0 Å². The Morgan fingerprint density at radius 1 is 1.07 bits per heavy atom. The van der Waals surface area contributed by atoms with Crippen molar-refractivity contribution < 1.29 is 14.6 Å². The summed E-state index contributed by atoms with van der Waals surface area (Å²) in [7, 11) is 0. The van der Waals surface area contributed by atoms with Gasteiger partial charge in [-0.25, -0.2) is 9.48 Å². The monoisotopic (exact) mass is 391 g/mol. The van der Waals surface area contributed by atoms with Crippen LogP contribution in [0.25, 0.3) is 16.9 Å². The first-order valence-electron chi connectivity index (χ1n) is 9.75. The van der Waals surface area contributed by atoms with Crippen molar-refractivity contribution in [1.29, 1.82) is 0 Å². The maximum atomic E-state index is 12.5. The molecule has 0 saturated carbocycles. The Hall–Kier alpha value is -3.28. The molecule has 0 radical (unpaired) electrons. The van der Waals surface area contributed by atoms with Crippen molar-refractivity contribution in [2.24, 2.45) is 0 Å². The van der Waals surface area contributed by atoms with E-state index >= 15 is 0 Å². The summed E-state index contributed by atoms with van der Waals surface area (Å²) in [5, 5.41) is 14.5. The number of ether oxygens (including phenoxy) is 1. The summed E-state index contributed by atoms with van der Waals surface area (Å²) in [5.41, 5.74) is 4.39. The summed E-state index contributed by atoms with van der Waals surface area (Å²) in [4.78, 5) is 14.2. The van der Waals surface area contributed by atoms with Gasteiger partial charge in [-0.05, 0) is 63.6 Å². The van der Waals surface area contributed by atoms with Crippen LogP contribution in [-0.2, 0) is 17.7 Å². The summed E-state index contributed by atoms with van der Waals surface area (Å²) in [6.07, 6.45) is 0.376. The van der Waals surface area contributed by atoms with Crippen LogP contribution in [0.5, 0.6) is 5.75 Å². The minimum absolute atomic E-state index is 0.226. The second-order valence-electron chi connectivity index (χ2n) is 8.22. The van der Waals surface area contributed by atoms with Gasteiger partial charge >= 0.3 is 6.09 Å². The highest BCUT2D eigenvalue weighted by Crippen LogP contribution is 2.33. The van der Waals surface area contributed by atoms with Crippen LogP contribution < -0.4 is 0 Å². The Morgan fingerprint density at radius 3 is 2.41 bits per heavy atom. The number of carbonyl (C=O) groups is 1. The number of amides is 1. The third kappa shape index (κ3) is 3.97. The molecule has 6 nitrogen and oxygen atoms in total. The maximum Gasteiger partial charge on any atom is 0.410 e. The van der Waals surface area contributed by atoms with Gasteiger partial charge < -0.3 is 14.7 Å².